The van der Waals surface area contributed by atoms with Gasteiger partial charge in [0.2, 0.25) is 0 Å². The number of nitro benzene ring substituents is 1. The molecule has 0 spiro atoms. The molecule has 1 saturated carbocycles. The van der Waals surface area contributed by atoms with Crippen LogP contribution < -0.4 is 5.32 Å². The molecule has 0 aromatic heterocycles. The Hall–Kier alpha value is -1.29. The van der Waals surface area contributed by atoms with Crippen molar-refractivity contribution in [1.29, 1.82) is 0 Å². The summed E-state index contributed by atoms with van der Waals surface area (Å²) in [5, 5.41) is 14.3. The summed E-state index contributed by atoms with van der Waals surface area (Å²) in [6.45, 7) is 3.17. The highest BCUT2D eigenvalue weighted by Gasteiger charge is 2.21. The Bertz CT molecular complexity index is 451. The number of halogens is 1. The van der Waals surface area contributed by atoms with Gasteiger partial charge < -0.3 is 5.32 Å². The minimum atomic E-state index is -0.436. The number of nitrogens with zero attached hydrogens (tertiary/aromatic N) is 1. The molecule has 0 aliphatic heterocycles. The van der Waals surface area contributed by atoms with Crippen molar-refractivity contribution in [3.63, 3.8) is 0 Å². The molecule has 0 amide bonds. The van der Waals surface area contributed by atoms with Crippen LogP contribution in [0.4, 0.5) is 11.4 Å². The van der Waals surface area contributed by atoms with Gasteiger partial charge in [-0.2, -0.15) is 0 Å². The Kier molecular flexibility index (Phi) is 4.07. The van der Waals surface area contributed by atoms with E-state index in [2.05, 4.69) is 12.2 Å². The van der Waals surface area contributed by atoms with Crippen molar-refractivity contribution < 1.29 is 4.92 Å². The molecular formula is C13H17ClN2O2. The van der Waals surface area contributed by atoms with E-state index in [-0.39, 0.29) is 5.69 Å². The molecule has 0 saturated heterocycles. The highest BCUT2D eigenvalue weighted by atomic mass is 35.5. The van der Waals surface area contributed by atoms with Gasteiger partial charge in [-0.25, -0.2) is 0 Å². The second kappa shape index (κ2) is 5.57. The van der Waals surface area contributed by atoms with Crippen molar-refractivity contribution in [3.8, 4) is 0 Å². The van der Waals surface area contributed by atoms with E-state index in [1.165, 1.54) is 31.4 Å². The zero-order valence-electron chi connectivity index (χ0n) is 10.4. The molecule has 0 radical (unpaired) electrons. The van der Waals surface area contributed by atoms with Crippen molar-refractivity contribution in [3.05, 3.63) is 33.3 Å². The Balaban J connectivity index is 1.95. The maximum absolute atomic E-state index is 10.6. The molecule has 18 heavy (non-hydrogen) atoms. The molecule has 98 valence electrons. The van der Waals surface area contributed by atoms with Crippen LogP contribution in [-0.2, 0) is 0 Å². The molecule has 0 bridgehead atoms. The molecule has 0 heterocycles. The van der Waals surface area contributed by atoms with Crippen LogP contribution in [-0.4, -0.2) is 11.5 Å². The summed E-state index contributed by atoms with van der Waals surface area (Å²) in [5.74, 6) is 1.50. The van der Waals surface area contributed by atoms with E-state index in [4.69, 9.17) is 11.6 Å². The fourth-order valence-corrected chi connectivity index (χ4v) is 2.77. The summed E-state index contributed by atoms with van der Waals surface area (Å²) in [6.07, 6.45) is 3.79. The Labute approximate surface area is 111 Å². The SMILES string of the molecule is CC1CCC(CNc2ccc([N+](=O)[O-])cc2Cl)C1. The van der Waals surface area contributed by atoms with Crippen molar-refractivity contribution in [2.45, 2.75) is 26.2 Å². The smallest absolute Gasteiger partial charge is 0.271 e. The van der Waals surface area contributed by atoms with E-state index in [9.17, 15) is 10.1 Å². The number of hydrogen-bond acceptors (Lipinski definition) is 3. The fourth-order valence-electron chi connectivity index (χ4n) is 2.53. The maximum Gasteiger partial charge on any atom is 0.271 e. The van der Waals surface area contributed by atoms with Gasteiger partial charge in [-0.15, -0.1) is 0 Å². The Morgan fingerprint density at radius 1 is 1.50 bits per heavy atom. The van der Waals surface area contributed by atoms with E-state index < -0.39 is 4.92 Å². The molecule has 1 fully saturated rings. The average Bonchev–Trinajstić information content (AvgIpc) is 2.73. The summed E-state index contributed by atoms with van der Waals surface area (Å²) >= 11 is 6.02. The van der Waals surface area contributed by atoms with Gasteiger partial charge in [-0.1, -0.05) is 24.9 Å². The number of benzene rings is 1. The first-order valence-electron chi connectivity index (χ1n) is 6.24. The predicted molar refractivity (Wildman–Crippen MR) is 73.1 cm³/mol. The average molecular weight is 269 g/mol. The maximum atomic E-state index is 10.6. The molecule has 1 aliphatic rings. The van der Waals surface area contributed by atoms with Crippen LogP contribution in [0.2, 0.25) is 5.02 Å². The number of anilines is 1. The third-order valence-corrected chi connectivity index (χ3v) is 3.86. The molecule has 2 unspecified atom stereocenters. The number of rotatable bonds is 4. The molecule has 5 heteroatoms. The lowest BCUT2D eigenvalue weighted by atomic mass is 10.1. The van der Waals surface area contributed by atoms with Crippen LogP contribution in [0.5, 0.6) is 0 Å². The largest absolute Gasteiger partial charge is 0.384 e. The summed E-state index contributed by atoms with van der Waals surface area (Å²) in [7, 11) is 0. The first-order valence-corrected chi connectivity index (χ1v) is 6.62. The quantitative estimate of drug-likeness (QED) is 0.661. The lowest BCUT2D eigenvalue weighted by Crippen LogP contribution is -2.11. The predicted octanol–water partition coefficient (Wildman–Crippen LogP) is 4.10. The van der Waals surface area contributed by atoms with Gasteiger partial charge in [0, 0.05) is 18.7 Å². The van der Waals surface area contributed by atoms with E-state index >= 15 is 0 Å². The van der Waals surface area contributed by atoms with Crippen LogP contribution in [0, 0.1) is 22.0 Å². The lowest BCUT2D eigenvalue weighted by molar-refractivity contribution is -0.384. The van der Waals surface area contributed by atoms with Gasteiger partial charge in [-0.05, 0) is 30.7 Å². The van der Waals surface area contributed by atoms with Crippen LogP contribution in [0.15, 0.2) is 18.2 Å². The van der Waals surface area contributed by atoms with Crippen molar-refractivity contribution in [2.75, 3.05) is 11.9 Å². The number of non-ortho nitro benzene ring substituents is 1. The standard InChI is InChI=1S/C13H17ClN2O2/c1-9-2-3-10(6-9)8-15-13-5-4-11(16(17)18)7-12(13)14/h4-5,7,9-10,15H,2-3,6,8H2,1H3. The van der Waals surface area contributed by atoms with E-state index in [1.54, 1.807) is 6.07 Å². The van der Waals surface area contributed by atoms with Gasteiger partial charge in [0.15, 0.2) is 0 Å². The normalized spacial score (nSPS) is 23.0. The van der Waals surface area contributed by atoms with Gasteiger partial charge in [-0.3, -0.25) is 10.1 Å². The summed E-state index contributed by atoms with van der Waals surface area (Å²) < 4.78 is 0. The van der Waals surface area contributed by atoms with E-state index in [1.807, 2.05) is 0 Å². The fraction of sp³-hybridized carbons (Fsp3) is 0.538. The highest BCUT2D eigenvalue weighted by Crippen LogP contribution is 2.32. The van der Waals surface area contributed by atoms with Gasteiger partial charge in [0.05, 0.1) is 15.6 Å². The van der Waals surface area contributed by atoms with Gasteiger partial charge >= 0.3 is 0 Å². The van der Waals surface area contributed by atoms with Crippen molar-refractivity contribution in [2.24, 2.45) is 11.8 Å². The lowest BCUT2D eigenvalue weighted by Gasteiger charge is -2.13. The topological polar surface area (TPSA) is 55.2 Å². The monoisotopic (exact) mass is 268 g/mol. The van der Waals surface area contributed by atoms with Crippen LogP contribution in [0.25, 0.3) is 0 Å². The first kappa shape index (κ1) is 13.1. The van der Waals surface area contributed by atoms with Crippen molar-refractivity contribution in [1.82, 2.24) is 0 Å². The molecule has 1 aliphatic carbocycles. The molecule has 1 N–H and O–H groups in total. The summed E-state index contributed by atoms with van der Waals surface area (Å²) in [4.78, 5) is 10.2. The number of hydrogen-bond donors (Lipinski definition) is 1. The van der Waals surface area contributed by atoms with E-state index in [0.717, 1.165) is 18.2 Å². The second-order valence-corrected chi connectivity index (χ2v) is 5.49. The molecule has 4 nitrogen and oxygen atoms in total. The second-order valence-electron chi connectivity index (χ2n) is 5.09. The molecular weight excluding hydrogens is 252 g/mol. The van der Waals surface area contributed by atoms with Crippen molar-refractivity contribution >= 4 is 23.0 Å². The summed E-state index contributed by atoms with van der Waals surface area (Å²) in [5.41, 5.74) is 0.807. The summed E-state index contributed by atoms with van der Waals surface area (Å²) in [6, 6.07) is 4.55. The molecule has 2 rings (SSSR count). The molecule has 2 atom stereocenters. The van der Waals surface area contributed by atoms with Crippen LogP contribution >= 0.6 is 11.6 Å². The zero-order chi connectivity index (χ0) is 13.1. The number of nitro groups is 1. The van der Waals surface area contributed by atoms with Crippen LogP contribution in [0.1, 0.15) is 26.2 Å². The molecule has 1 aromatic rings. The first-order chi connectivity index (χ1) is 8.56. The van der Waals surface area contributed by atoms with E-state index in [0.29, 0.717) is 10.9 Å². The Morgan fingerprint density at radius 3 is 2.83 bits per heavy atom. The Morgan fingerprint density at radius 2 is 2.28 bits per heavy atom. The minimum absolute atomic E-state index is 0.0278. The zero-order valence-corrected chi connectivity index (χ0v) is 11.1. The third kappa shape index (κ3) is 3.13. The molecule has 1 aromatic carbocycles. The third-order valence-electron chi connectivity index (χ3n) is 3.55. The van der Waals surface area contributed by atoms with Gasteiger partial charge in [0.1, 0.15) is 0 Å². The highest BCUT2D eigenvalue weighted by molar-refractivity contribution is 6.33. The minimum Gasteiger partial charge on any atom is -0.384 e. The van der Waals surface area contributed by atoms with Crippen LogP contribution in [0.3, 0.4) is 0 Å². The van der Waals surface area contributed by atoms with Gasteiger partial charge in [0.25, 0.3) is 5.69 Å². The number of nitrogens with one attached hydrogen (secondary N) is 1.